The molecule has 2 aromatic carbocycles. The van der Waals surface area contributed by atoms with Crippen LogP contribution in [-0.2, 0) is 16.2 Å². The van der Waals surface area contributed by atoms with Gasteiger partial charge in [-0.25, -0.2) is 13.4 Å². The van der Waals surface area contributed by atoms with Gasteiger partial charge in [0.15, 0.2) is 0 Å². The summed E-state index contributed by atoms with van der Waals surface area (Å²) in [5, 5.41) is 0.516. The van der Waals surface area contributed by atoms with Gasteiger partial charge >= 0.3 is 6.18 Å². The average molecular weight is 407 g/mol. The Morgan fingerprint density at radius 2 is 1.88 bits per heavy atom. The SMILES string of the molecule is Cc1nc2cc(NS(=O)(=O)c3cc(C(F)(F)F)ccc3Cl)ccc2s1. The van der Waals surface area contributed by atoms with Crippen LogP contribution in [0.1, 0.15) is 10.6 Å². The molecule has 4 nitrogen and oxygen atoms in total. The van der Waals surface area contributed by atoms with Crippen molar-refractivity contribution in [3.8, 4) is 0 Å². The highest BCUT2D eigenvalue weighted by molar-refractivity contribution is 7.92. The number of rotatable bonds is 3. The Morgan fingerprint density at radius 1 is 1.16 bits per heavy atom. The smallest absolute Gasteiger partial charge is 0.280 e. The number of alkyl halides is 3. The molecular formula is C15H10ClF3N2O2S2. The van der Waals surface area contributed by atoms with Gasteiger partial charge in [0.1, 0.15) is 4.90 Å². The van der Waals surface area contributed by atoms with Crippen LogP contribution in [-0.4, -0.2) is 13.4 Å². The lowest BCUT2D eigenvalue weighted by atomic mass is 10.2. The van der Waals surface area contributed by atoms with E-state index in [0.29, 0.717) is 11.6 Å². The third kappa shape index (κ3) is 3.73. The van der Waals surface area contributed by atoms with Gasteiger partial charge < -0.3 is 0 Å². The molecule has 0 radical (unpaired) electrons. The first-order valence-corrected chi connectivity index (χ1v) is 9.51. The van der Waals surface area contributed by atoms with Crippen LogP contribution in [0.3, 0.4) is 0 Å². The Bertz CT molecular complexity index is 1060. The highest BCUT2D eigenvalue weighted by Crippen LogP contribution is 2.34. The van der Waals surface area contributed by atoms with Crippen LogP contribution in [0.2, 0.25) is 5.02 Å². The van der Waals surface area contributed by atoms with E-state index in [2.05, 4.69) is 9.71 Å². The number of sulfonamides is 1. The van der Waals surface area contributed by atoms with Crippen LogP contribution in [0, 0.1) is 6.92 Å². The number of fused-ring (bicyclic) bond motifs is 1. The molecule has 0 spiro atoms. The van der Waals surface area contributed by atoms with Crippen molar-refractivity contribution in [2.45, 2.75) is 18.0 Å². The maximum atomic E-state index is 12.8. The quantitative estimate of drug-likeness (QED) is 0.660. The van der Waals surface area contributed by atoms with Gasteiger partial charge in [-0.2, -0.15) is 13.2 Å². The summed E-state index contributed by atoms with van der Waals surface area (Å²) in [5.74, 6) is 0. The van der Waals surface area contributed by atoms with Gasteiger partial charge in [0.05, 0.1) is 31.5 Å². The second-order valence-electron chi connectivity index (χ2n) is 5.16. The largest absolute Gasteiger partial charge is 0.416 e. The molecule has 3 rings (SSSR count). The first-order chi connectivity index (χ1) is 11.6. The van der Waals surface area contributed by atoms with Crippen molar-refractivity contribution in [3.05, 3.63) is 52.0 Å². The molecule has 0 aliphatic carbocycles. The van der Waals surface area contributed by atoms with Crippen molar-refractivity contribution in [1.29, 1.82) is 0 Å². The highest BCUT2D eigenvalue weighted by atomic mass is 35.5. The van der Waals surface area contributed by atoms with E-state index in [1.165, 1.54) is 23.5 Å². The van der Waals surface area contributed by atoms with Gasteiger partial charge in [-0.15, -0.1) is 11.3 Å². The zero-order valence-corrected chi connectivity index (χ0v) is 14.9. The summed E-state index contributed by atoms with van der Waals surface area (Å²) in [4.78, 5) is 3.61. The molecule has 1 aromatic heterocycles. The van der Waals surface area contributed by atoms with E-state index in [4.69, 9.17) is 11.6 Å². The normalized spacial score (nSPS) is 12.5. The van der Waals surface area contributed by atoms with Gasteiger partial charge in [0, 0.05) is 0 Å². The molecule has 0 amide bonds. The van der Waals surface area contributed by atoms with Crippen LogP contribution in [0.4, 0.5) is 18.9 Å². The lowest BCUT2D eigenvalue weighted by molar-refractivity contribution is -0.137. The van der Waals surface area contributed by atoms with Crippen molar-refractivity contribution in [3.63, 3.8) is 0 Å². The van der Waals surface area contributed by atoms with Crippen molar-refractivity contribution in [2.75, 3.05) is 4.72 Å². The zero-order valence-electron chi connectivity index (χ0n) is 12.6. The third-order valence-corrected chi connectivity index (χ3v) is 6.11. The number of benzene rings is 2. The number of anilines is 1. The Labute approximate surface area is 150 Å². The second-order valence-corrected chi connectivity index (χ2v) is 8.46. The van der Waals surface area contributed by atoms with Crippen molar-refractivity contribution in [2.24, 2.45) is 0 Å². The minimum atomic E-state index is -4.67. The van der Waals surface area contributed by atoms with Gasteiger partial charge in [-0.05, 0) is 43.3 Å². The number of hydrogen-bond acceptors (Lipinski definition) is 4. The molecule has 3 aromatic rings. The molecule has 0 fully saturated rings. The molecule has 0 atom stereocenters. The summed E-state index contributed by atoms with van der Waals surface area (Å²) in [7, 11) is -4.29. The molecule has 1 N–H and O–H groups in total. The average Bonchev–Trinajstić information content (AvgIpc) is 2.85. The van der Waals surface area contributed by atoms with Crippen molar-refractivity contribution < 1.29 is 21.6 Å². The van der Waals surface area contributed by atoms with E-state index in [-0.39, 0.29) is 10.7 Å². The molecule has 0 unspecified atom stereocenters. The second kappa shape index (κ2) is 6.15. The first-order valence-electron chi connectivity index (χ1n) is 6.83. The molecule has 0 saturated heterocycles. The monoisotopic (exact) mass is 406 g/mol. The van der Waals surface area contributed by atoms with Crippen LogP contribution in [0.5, 0.6) is 0 Å². The van der Waals surface area contributed by atoms with Crippen LogP contribution >= 0.6 is 22.9 Å². The number of thiazole rings is 1. The van der Waals surface area contributed by atoms with Gasteiger partial charge in [-0.3, -0.25) is 4.72 Å². The fraction of sp³-hybridized carbons (Fsp3) is 0.133. The maximum Gasteiger partial charge on any atom is 0.416 e. The van der Waals surface area contributed by atoms with E-state index in [1.54, 1.807) is 6.07 Å². The number of nitrogens with one attached hydrogen (secondary N) is 1. The van der Waals surface area contributed by atoms with E-state index < -0.39 is 26.7 Å². The van der Waals surface area contributed by atoms with E-state index in [1.807, 2.05) is 6.92 Å². The van der Waals surface area contributed by atoms with E-state index in [9.17, 15) is 21.6 Å². The fourth-order valence-electron chi connectivity index (χ4n) is 2.20. The molecule has 1 heterocycles. The van der Waals surface area contributed by atoms with E-state index in [0.717, 1.165) is 21.8 Å². The lowest BCUT2D eigenvalue weighted by Gasteiger charge is -2.12. The molecule has 0 aliphatic rings. The van der Waals surface area contributed by atoms with Crippen molar-refractivity contribution >= 4 is 48.9 Å². The van der Waals surface area contributed by atoms with Crippen LogP contribution in [0.15, 0.2) is 41.3 Å². The molecule has 132 valence electrons. The summed E-state index contributed by atoms with van der Waals surface area (Å²) in [6.45, 7) is 1.82. The van der Waals surface area contributed by atoms with Gasteiger partial charge in [0.2, 0.25) is 0 Å². The van der Waals surface area contributed by atoms with E-state index >= 15 is 0 Å². The molecule has 0 saturated carbocycles. The topological polar surface area (TPSA) is 59.1 Å². The Balaban J connectivity index is 2.00. The molecule has 25 heavy (non-hydrogen) atoms. The minimum absolute atomic E-state index is 0.186. The Hall–Kier alpha value is -1.84. The summed E-state index contributed by atoms with van der Waals surface area (Å²) >= 11 is 7.25. The first kappa shape index (κ1) is 18.0. The fourth-order valence-corrected chi connectivity index (χ4v) is 4.59. The third-order valence-electron chi connectivity index (χ3n) is 3.29. The summed E-state index contributed by atoms with van der Waals surface area (Å²) < 4.78 is 66.5. The number of hydrogen-bond donors (Lipinski definition) is 1. The van der Waals surface area contributed by atoms with Crippen LogP contribution in [0.25, 0.3) is 10.2 Å². The zero-order chi connectivity index (χ0) is 18.4. The molecule has 10 heteroatoms. The minimum Gasteiger partial charge on any atom is -0.280 e. The highest BCUT2D eigenvalue weighted by Gasteiger charge is 2.32. The summed E-state index contributed by atoms with van der Waals surface area (Å²) in [6.07, 6.45) is -4.67. The number of aromatic nitrogens is 1. The van der Waals surface area contributed by atoms with Gasteiger partial charge in [-0.1, -0.05) is 11.6 Å². The lowest BCUT2D eigenvalue weighted by Crippen LogP contribution is -2.15. The number of halogens is 4. The molecule has 0 bridgehead atoms. The predicted octanol–water partition coefficient (Wildman–Crippen LogP) is 5.08. The van der Waals surface area contributed by atoms with Crippen molar-refractivity contribution in [1.82, 2.24) is 4.98 Å². The summed E-state index contributed by atoms with van der Waals surface area (Å²) in [5.41, 5.74) is -0.313. The van der Waals surface area contributed by atoms with Crippen LogP contribution < -0.4 is 4.72 Å². The maximum absolute atomic E-state index is 12.8. The Kier molecular flexibility index (Phi) is 4.42. The predicted molar refractivity (Wildman–Crippen MR) is 91.6 cm³/mol. The molecular weight excluding hydrogens is 397 g/mol. The van der Waals surface area contributed by atoms with Gasteiger partial charge in [0.25, 0.3) is 10.0 Å². The molecule has 0 aliphatic heterocycles. The Morgan fingerprint density at radius 3 is 2.56 bits per heavy atom. The number of nitrogens with zero attached hydrogens (tertiary/aromatic N) is 1. The number of aryl methyl sites for hydroxylation is 1. The summed E-state index contributed by atoms with van der Waals surface area (Å²) in [6, 6.07) is 6.86. The standard InChI is InChI=1S/C15H10ClF3N2O2S2/c1-8-20-12-7-10(3-5-13(12)24-8)21-25(22,23)14-6-9(15(17,18)19)2-4-11(14)16/h2-7,21H,1H3.